The number of nitrogens with one attached hydrogen (secondary N) is 1. The second kappa shape index (κ2) is 8.19. The Hall–Kier alpha value is -1.34. The van der Waals surface area contributed by atoms with Crippen LogP contribution < -0.4 is 11.1 Å². The largest absolute Gasteiger partial charge is 0.462 e. The van der Waals surface area contributed by atoms with Gasteiger partial charge in [0.2, 0.25) is 0 Å². The van der Waals surface area contributed by atoms with Crippen molar-refractivity contribution >= 4 is 28.3 Å². The second-order valence-corrected chi connectivity index (χ2v) is 5.82. The molecule has 0 spiro atoms. The van der Waals surface area contributed by atoms with Crippen LogP contribution >= 0.6 is 11.5 Å². The molecule has 1 saturated carbocycles. The fourth-order valence-corrected chi connectivity index (χ4v) is 3.17. The van der Waals surface area contributed by atoms with E-state index in [9.17, 15) is 4.79 Å². The van der Waals surface area contributed by atoms with Crippen LogP contribution in [-0.2, 0) is 9.47 Å². The van der Waals surface area contributed by atoms with Gasteiger partial charge >= 0.3 is 5.97 Å². The normalized spacial score (nSPS) is 15.9. The molecule has 0 aliphatic heterocycles. The molecule has 1 aliphatic carbocycles. The lowest BCUT2D eigenvalue weighted by molar-refractivity contribution is 0.0347. The quantitative estimate of drug-likeness (QED) is 0.594. The molecule has 0 aromatic carbocycles. The summed E-state index contributed by atoms with van der Waals surface area (Å²) >= 11 is 1.17. The van der Waals surface area contributed by atoms with Crippen LogP contribution in [0.5, 0.6) is 0 Å². The number of hydrogen-bond acceptors (Lipinski definition) is 7. The number of carbonyl (C=O) groups excluding carboxylic acids is 1. The van der Waals surface area contributed by atoms with Crippen molar-refractivity contribution in [1.29, 1.82) is 0 Å². The number of nitrogens with two attached hydrogens (primary N) is 1. The molecule has 0 unspecified atom stereocenters. The van der Waals surface area contributed by atoms with Crippen molar-refractivity contribution in [2.75, 3.05) is 30.8 Å². The van der Waals surface area contributed by atoms with Gasteiger partial charge in [0, 0.05) is 6.54 Å². The molecule has 0 radical (unpaired) electrons. The smallest absolute Gasteiger partial charge is 0.344 e. The molecular weight excluding hydrogens is 290 g/mol. The molecule has 1 fully saturated rings. The molecule has 118 valence electrons. The molecule has 0 saturated heterocycles. The number of anilines is 2. The number of hydrogen-bond donors (Lipinski definition) is 2. The minimum Gasteiger partial charge on any atom is -0.462 e. The number of esters is 1. The molecule has 21 heavy (non-hydrogen) atoms. The van der Waals surface area contributed by atoms with Gasteiger partial charge < -0.3 is 20.5 Å². The third-order valence-corrected chi connectivity index (χ3v) is 4.31. The summed E-state index contributed by atoms with van der Waals surface area (Å²) in [5.41, 5.74) is 6.05. The minimum atomic E-state index is -0.431. The third kappa shape index (κ3) is 4.57. The summed E-state index contributed by atoms with van der Waals surface area (Å²) < 4.78 is 14.8. The Bertz CT molecular complexity index is 458. The maximum atomic E-state index is 11.8. The molecule has 1 aromatic rings. The molecule has 3 N–H and O–H groups in total. The minimum absolute atomic E-state index is 0.217. The van der Waals surface area contributed by atoms with Gasteiger partial charge in [0.25, 0.3) is 0 Å². The van der Waals surface area contributed by atoms with Crippen molar-refractivity contribution in [3.05, 3.63) is 5.56 Å². The van der Waals surface area contributed by atoms with Crippen LogP contribution in [0.3, 0.4) is 0 Å². The zero-order valence-electron chi connectivity index (χ0n) is 12.4. The van der Waals surface area contributed by atoms with E-state index in [0.29, 0.717) is 36.4 Å². The first-order chi connectivity index (χ1) is 10.2. The summed E-state index contributed by atoms with van der Waals surface area (Å²) in [5, 5.41) is 3.81. The van der Waals surface area contributed by atoms with E-state index in [-0.39, 0.29) is 5.82 Å². The van der Waals surface area contributed by atoms with E-state index in [1.54, 1.807) is 6.92 Å². The van der Waals surface area contributed by atoms with E-state index in [4.69, 9.17) is 15.2 Å². The monoisotopic (exact) mass is 313 g/mol. The van der Waals surface area contributed by atoms with Crippen molar-refractivity contribution in [1.82, 2.24) is 4.37 Å². The lowest BCUT2D eigenvalue weighted by Gasteiger charge is -2.22. The third-order valence-electron chi connectivity index (χ3n) is 3.49. The zero-order chi connectivity index (χ0) is 15.1. The molecule has 2 rings (SSSR count). The highest BCUT2D eigenvalue weighted by Gasteiger charge is 2.20. The van der Waals surface area contributed by atoms with Gasteiger partial charge in [0.05, 0.1) is 19.3 Å². The maximum absolute atomic E-state index is 11.8. The zero-order valence-corrected chi connectivity index (χ0v) is 13.2. The van der Waals surface area contributed by atoms with E-state index in [1.165, 1.54) is 30.8 Å². The highest BCUT2D eigenvalue weighted by Crippen LogP contribution is 2.27. The maximum Gasteiger partial charge on any atom is 0.344 e. The highest BCUT2D eigenvalue weighted by molar-refractivity contribution is 7.11. The molecule has 1 aliphatic rings. The van der Waals surface area contributed by atoms with E-state index < -0.39 is 5.97 Å². The Morgan fingerprint density at radius 3 is 2.90 bits per heavy atom. The average Bonchev–Trinajstić information content (AvgIpc) is 2.86. The second-order valence-electron chi connectivity index (χ2n) is 5.05. The van der Waals surface area contributed by atoms with Gasteiger partial charge in [-0.2, -0.15) is 4.37 Å². The number of nitrogen functional groups attached to an aromatic ring is 1. The highest BCUT2D eigenvalue weighted by atomic mass is 32.1. The summed E-state index contributed by atoms with van der Waals surface area (Å²) in [6.07, 6.45) is 6.54. The molecule has 1 heterocycles. The van der Waals surface area contributed by atoms with Gasteiger partial charge in [-0.1, -0.05) is 19.3 Å². The first kappa shape index (κ1) is 16.0. The Morgan fingerprint density at radius 2 is 2.19 bits per heavy atom. The summed E-state index contributed by atoms with van der Waals surface area (Å²) in [4.78, 5) is 11.8. The predicted molar refractivity (Wildman–Crippen MR) is 83.8 cm³/mol. The summed E-state index contributed by atoms with van der Waals surface area (Å²) in [5.74, 6) is -0.214. The fraction of sp³-hybridized carbons (Fsp3) is 0.714. The van der Waals surface area contributed by atoms with Crippen LogP contribution in [0.25, 0.3) is 0 Å². The van der Waals surface area contributed by atoms with Gasteiger partial charge in [0.1, 0.15) is 10.6 Å². The van der Waals surface area contributed by atoms with Gasteiger partial charge in [-0.15, -0.1) is 0 Å². The molecule has 0 atom stereocenters. The Balaban J connectivity index is 1.78. The Labute approximate surface area is 129 Å². The molecule has 0 bridgehead atoms. The fourth-order valence-electron chi connectivity index (χ4n) is 2.45. The SMILES string of the molecule is CCOC(=O)c1c(N)nsc1NCCOC1CCCCC1. The lowest BCUT2D eigenvalue weighted by atomic mass is 9.98. The van der Waals surface area contributed by atoms with Gasteiger partial charge in [-0.3, -0.25) is 0 Å². The Kier molecular flexibility index (Phi) is 6.25. The number of aromatic nitrogens is 1. The summed E-state index contributed by atoms with van der Waals surface area (Å²) in [7, 11) is 0. The van der Waals surface area contributed by atoms with E-state index in [2.05, 4.69) is 9.69 Å². The number of nitrogens with zero attached hydrogens (tertiary/aromatic N) is 1. The molecule has 7 heteroatoms. The van der Waals surface area contributed by atoms with E-state index in [1.807, 2.05) is 0 Å². The van der Waals surface area contributed by atoms with Crippen molar-refractivity contribution in [2.24, 2.45) is 0 Å². The average molecular weight is 313 g/mol. The predicted octanol–water partition coefficient (Wildman–Crippen LogP) is 2.66. The molecular formula is C14H23N3O3S. The first-order valence-electron chi connectivity index (χ1n) is 7.50. The van der Waals surface area contributed by atoms with Gasteiger partial charge in [-0.25, -0.2) is 4.79 Å². The number of rotatable bonds is 7. The molecule has 1 aromatic heterocycles. The van der Waals surface area contributed by atoms with Crippen molar-refractivity contribution in [3.63, 3.8) is 0 Å². The number of ether oxygens (including phenoxy) is 2. The van der Waals surface area contributed by atoms with Crippen molar-refractivity contribution in [3.8, 4) is 0 Å². The van der Waals surface area contributed by atoms with Crippen LogP contribution in [0.2, 0.25) is 0 Å². The van der Waals surface area contributed by atoms with Gasteiger partial charge in [0.15, 0.2) is 5.82 Å². The van der Waals surface area contributed by atoms with Crippen LogP contribution in [0.15, 0.2) is 0 Å². The van der Waals surface area contributed by atoms with Gasteiger partial charge in [-0.05, 0) is 31.3 Å². The summed E-state index contributed by atoms with van der Waals surface area (Å²) in [6.45, 7) is 3.33. The van der Waals surface area contributed by atoms with Crippen LogP contribution in [0.4, 0.5) is 10.8 Å². The molecule has 0 amide bonds. The van der Waals surface area contributed by atoms with Crippen molar-refractivity contribution in [2.45, 2.75) is 45.1 Å². The summed E-state index contributed by atoms with van der Waals surface area (Å²) in [6, 6.07) is 0. The topological polar surface area (TPSA) is 86.5 Å². The standard InChI is InChI=1S/C14H23N3O3S/c1-2-19-14(18)11-12(15)17-21-13(11)16-8-9-20-10-6-4-3-5-7-10/h10,16H,2-9H2,1H3,(H2,15,17). The molecule has 6 nitrogen and oxygen atoms in total. The van der Waals surface area contributed by atoms with Crippen LogP contribution in [0, 0.1) is 0 Å². The van der Waals surface area contributed by atoms with Crippen molar-refractivity contribution < 1.29 is 14.3 Å². The van der Waals surface area contributed by atoms with E-state index >= 15 is 0 Å². The van der Waals surface area contributed by atoms with E-state index in [0.717, 1.165) is 12.8 Å². The Morgan fingerprint density at radius 1 is 1.43 bits per heavy atom. The number of carbonyl (C=O) groups is 1. The lowest BCUT2D eigenvalue weighted by Crippen LogP contribution is -2.20. The first-order valence-corrected chi connectivity index (χ1v) is 8.27. The van der Waals surface area contributed by atoms with Crippen LogP contribution in [-0.4, -0.2) is 36.2 Å². The van der Waals surface area contributed by atoms with Crippen LogP contribution in [0.1, 0.15) is 49.4 Å².